The summed E-state index contributed by atoms with van der Waals surface area (Å²) in [6.07, 6.45) is -0.246. The molecular weight excluding hydrogens is 550 g/mol. The fourth-order valence-corrected chi connectivity index (χ4v) is 4.72. The third-order valence-electron chi connectivity index (χ3n) is 6.83. The predicted octanol–water partition coefficient (Wildman–Crippen LogP) is 4.74. The zero-order valence-electron chi connectivity index (χ0n) is 24.3. The molecule has 11 nitrogen and oxygen atoms in total. The second kappa shape index (κ2) is 13.6. The summed E-state index contributed by atoms with van der Waals surface area (Å²) < 4.78 is 0. The number of urea groups is 1. The number of nitrogens with one attached hydrogen (secondary N) is 3. The van der Waals surface area contributed by atoms with Gasteiger partial charge in [0, 0.05) is 30.2 Å². The summed E-state index contributed by atoms with van der Waals surface area (Å²) in [5, 5.41) is 17.5. The van der Waals surface area contributed by atoms with Crippen LogP contribution in [0.1, 0.15) is 41.8 Å². The van der Waals surface area contributed by atoms with Crippen molar-refractivity contribution in [3.8, 4) is 0 Å². The second-order valence-corrected chi connectivity index (χ2v) is 10.8. The van der Waals surface area contributed by atoms with E-state index in [2.05, 4.69) is 16.0 Å². The molecule has 3 aromatic rings. The topological polar surface area (TPSA) is 148 Å². The van der Waals surface area contributed by atoms with E-state index in [1.807, 2.05) is 45.0 Å². The molecule has 0 saturated heterocycles. The van der Waals surface area contributed by atoms with Gasteiger partial charge in [0.2, 0.25) is 11.8 Å². The molecule has 0 unspecified atom stereocenters. The Hall–Kier alpha value is -5.19. The van der Waals surface area contributed by atoms with Gasteiger partial charge in [-0.05, 0) is 60.4 Å². The van der Waals surface area contributed by atoms with Gasteiger partial charge in [0.05, 0.1) is 24.1 Å². The lowest BCUT2D eigenvalue weighted by molar-refractivity contribution is -0.137. The SMILES string of the molecule is Cc1ccccc1NC(=O)Nc1ccc(CC(=O)Nc2ccc3c(c2)C(=O)N(CCC(=O)O)CC(=O)N3CC(C)C)cc1. The molecule has 1 heterocycles. The molecule has 224 valence electrons. The van der Waals surface area contributed by atoms with Crippen molar-refractivity contribution < 1.29 is 29.1 Å². The number of fused-ring (bicyclic) bond motifs is 1. The molecule has 0 atom stereocenters. The lowest BCUT2D eigenvalue weighted by Crippen LogP contribution is -2.41. The lowest BCUT2D eigenvalue weighted by atomic mass is 10.1. The molecule has 4 rings (SSSR count). The van der Waals surface area contributed by atoms with E-state index in [9.17, 15) is 24.0 Å². The van der Waals surface area contributed by atoms with Gasteiger partial charge in [-0.1, -0.05) is 44.2 Å². The van der Waals surface area contributed by atoms with Crippen molar-refractivity contribution in [2.45, 2.75) is 33.6 Å². The number of benzene rings is 3. The predicted molar refractivity (Wildman–Crippen MR) is 164 cm³/mol. The summed E-state index contributed by atoms with van der Waals surface area (Å²) in [6.45, 7) is 5.87. The Morgan fingerprint density at radius 1 is 0.907 bits per heavy atom. The first kappa shape index (κ1) is 30.8. The number of aryl methyl sites for hydroxylation is 1. The van der Waals surface area contributed by atoms with Crippen molar-refractivity contribution in [3.05, 3.63) is 83.4 Å². The molecule has 0 fully saturated rings. The van der Waals surface area contributed by atoms with Gasteiger partial charge in [0.15, 0.2) is 0 Å². The third kappa shape index (κ3) is 8.19. The fraction of sp³-hybridized carbons (Fsp3) is 0.281. The van der Waals surface area contributed by atoms with Crippen molar-refractivity contribution in [1.82, 2.24) is 4.90 Å². The minimum Gasteiger partial charge on any atom is -0.481 e. The van der Waals surface area contributed by atoms with Crippen LogP contribution in [0.5, 0.6) is 0 Å². The van der Waals surface area contributed by atoms with Crippen LogP contribution in [-0.4, -0.2) is 59.4 Å². The first-order valence-electron chi connectivity index (χ1n) is 14.0. The van der Waals surface area contributed by atoms with E-state index in [1.165, 1.54) is 11.0 Å². The number of hydrogen-bond acceptors (Lipinski definition) is 5. The van der Waals surface area contributed by atoms with Crippen molar-refractivity contribution in [2.75, 3.05) is 40.5 Å². The summed E-state index contributed by atoms with van der Waals surface area (Å²) in [4.78, 5) is 65.6. The van der Waals surface area contributed by atoms with Gasteiger partial charge in [-0.2, -0.15) is 0 Å². The minimum absolute atomic E-state index is 0.0451. The normalized spacial score (nSPS) is 12.9. The van der Waals surface area contributed by atoms with Crippen LogP contribution in [0.3, 0.4) is 0 Å². The van der Waals surface area contributed by atoms with E-state index in [0.29, 0.717) is 34.9 Å². The maximum absolute atomic E-state index is 13.4. The number of aliphatic carboxylic acids is 1. The number of amides is 5. The summed E-state index contributed by atoms with van der Waals surface area (Å²) in [5.41, 5.74) is 3.94. The third-order valence-corrected chi connectivity index (χ3v) is 6.83. The Balaban J connectivity index is 1.43. The van der Waals surface area contributed by atoms with Crippen LogP contribution in [0, 0.1) is 12.8 Å². The molecule has 0 spiro atoms. The number of carbonyl (C=O) groups is 5. The van der Waals surface area contributed by atoms with Gasteiger partial charge in [-0.3, -0.25) is 19.2 Å². The number of nitrogens with zero attached hydrogens (tertiary/aromatic N) is 2. The summed E-state index contributed by atoms with van der Waals surface area (Å²) >= 11 is 0. The van der Waals surface area contributed by atoms with Crippen LogP contribution in [-0.2, 0) is 20.8 Å². The number of carbonyl (C=O) groups excluding carboxylic acids is 4. The maximum atomic E-state index is 13.4. The molecular formula is C32H35N5O6. The van der Waals surface area contributed by atoms with Gasteiger partial charge >= 0.3 is 12.0 Å². The maximum Gasteiger partial charge on any atom is 0.323 e. The van der Waals surface area contributed by atoms with Crippen LogP contribution in [0.2, 0.25) is 0 Å². The molecule has 0 aliphatic carbocycles. The lowest BCUT2D eigenvalue weighted by Gasteiger charge is -2.24. The van der Waals surface area contributed by atoms with Gasteiger partial charge in [-0.25, -0.2) is 4.79 Å². The van der Waals surface area contributed by atoms with Crippen molar-refractivity contribution in [3.63, 3.8) is 0 Å². The molecule has 3 aromatic carbocycles. The van der Waals surface area contributed by atoms with Gasteiger partial charge in [0.1, 0.15) is 6.54 Å². The summed E-state index contributed by atoms with van der Waals surface area (Å²) in [6, 6.07) is 18.7. The molecule has 0 saturated carbocycles. The number of carboxylic acid groups (broad SMARTS) is 1. The Kier molecular flexibility index (Phi) is 9.76. The Labute approximate surface area is 249 Å². The van der Waals surface area contributed by atoms with Crippen LogP contribution in [0.15, 0.2) is 66.7 Å². The van der Waals surface area contributed by atoms with Crippen molar-refractivity contribution >= 4 is 52.5 Å². The Bertz CT molecular complexity index is 1540. The van der Waals surface area contributed by atoms with Gasteiger partial charge in [0.25, 0.3) is 5.91 Å². The highest BCUT2D eigenvalue weighted by atomic mass is 16.4. The quantitative estimate of drug-likeness (QED) is 0.270. The first-order chi connectivity index (χ1) is 20.5. The van der Waals surface area contributed by atoms with E-state index in [0.717, 1.165) is 5.56 Å². The Morgan fingerprint density at radius 2 is 1.60 bits per heavy atom. The minimum atomic E-state index is -1.07. The molecule has 11 heteroatoms. The van der Waals surface area contributed by atoms with E-state index < -0.39 is 11.9 Å². The number of para-hydroxylation sites is 1. The van der Waals surface area contributed by atoms with E-state index in [4.69, 9.17) is 5.11 Å². The molecule has 1 aliphatic rings. The summed E-state index contributed by atoms with van der Waals surface area (Å²) in [5.74, 6) is -2.04. The van der Waals surface area contributed by atoms with E-state index in [1.54, 1.807) is 41.3 Å². The van der Waals surface area contributed by atoms with Crippen LogP contribution in [0.4, 0.5) is 27.5 Å². The van der Waals surface area contributed by atoms with E-state index >= 15 is 0 Å². The zero-order chi connectivity index (χ0) is 31.1. The highest BCUT2D eigenvalue weighted by molar-refractivity contribution is 6.10. The molecule has 0 bridgehead atoms. The van der Waals surface area contributed by atoms with Crippen molar-refractivity contribution in [2.24, 2.45) is 5.92 Å². The average molecular weight is 586 g/mol. The van der Waals surface area contributed by atoms with E-state index in [-0.39, 0.29) is 55.3 Å². The highest BCUT2D eigenvalue weighted by Crippen LogP contribution is 2.30. The number of carboxylic acids is 1. The standard InChI is InChI=1S/C32H35N5O6/c1-20(2)18-37-27-13-12-24(17-25(27)31(42)36(19-29(37)39)15-14-30(40)41)33-28(38)16-22-8-10-23(11-9-22)34-32(43)35-26-7-5-4-6-21(26)3/h4-13,17,20H,14-16,18-19H2,1-3H3,(H,33,38)(H,40,41)(H2,34,35,43). The number of rotatable bonds is 10. The number of anilines is 4. The molecule has 1 aliphatic heterocycles. The van der Waals surface area contributed by atoms with Crippen LogP contribution >= 0.6 is 0 Å². The second-order valence-electron chi connectivity index (χ2n) is 10.8. The van der Waals surface area contributed by atoms with Crippen LogP contribution in [0.25, 0.3) is 0 Å². The van der Waals surface area contributed by atoms with Gasteiger partial charge < -0.3 is 30.9 Å². The smallest absolute Gasteiger partial charge is 0.323 e. The number of hydrogen-bond donors (Lipinski definition) is 4. The highest BCUT2D eigenvalue weighted by Gasteiger charge is 2.32. The van der Waals surface area contributed by atoms with Gasteiger partial charge in [-0.15, -0.1) is 0 Å². The molecule has 0 radical (unpaired) electrons. The largest absolute Gasteiger partial charge is 0.481 e. The van der Waals surface area contributed by atoms with Crippen LogP contribution < -0.4 is 20.9 Å². The fourth-order valence-electron chi connectivity index (χ4n) is 4.72. The molecule has 5 amide bonds. The first-order valence-corrected chi connectivity index (χ1v) is 14.0. The molecule has 43 heavy (non-hydrogen) atoms. The average Bonchev–Trinajstić information content (AvgIpc) is 3.04. The summed E-state index contributed by atoms with van der Waals surface area (Å²) in [7, 11) is 0. The Morgan fingerprint density at radius 3 is 2.28 bits per heavy atom. The molecule has 0 aromatic heterocycles. The zero-order valence-corrected chi connectivity index (χ0v) is 24.3. The van der Waals surface area contributed by atoms with Crippen molar-refractivity contribution in [1.29, 1.82) is 0 Å². The monoisotopic (exact) mass is 585 g/mol. The molecule has 4 N–H and O–H groups in total.